The fourth-order valence-electron chi connectivity index (χ4n) is 3.94. The van der Waals surface area contributed by atoms with Gasteiger partial charge < -0.3 is 15.5 Å². The third-order valence-corrected chi connectivity index (χ3v) is 5.94. The van der Waals surface area contributed by atoms with Gasteiger partial charge in [0.2, 0.25) is 11.8 Å². The molecule has 0 aromatic heterocycles. The summed E-state index contributed by atoms with van der Waals surface area (Å²) in [7, 11) is 4.20. The second kappa shape index (κ2) is 10.0. The maximum Gasteiger partial charge on any atom is 0.242 e. The monoisotopic (exact) mass is 410 g/mol. The molecule has 1 fully saturated rings. The number of hydrogen-bond acceptors (Lipinski definition) is 4. The molecule has 0 spiro atoms. The van der Waals surface area contributed by atoms with Gasteiger partial charge in [-0.2, -0.15) is 0 Å². The maximum absolute atomic E-state index is 12.8. The van der Waals surface area contributed by atoms with Gasteiger partial charge >= 0.3 is 0 Å². The van der Waals surface area contributed by atoms with Gasteiger partial charge in [-0.05, 0) is 36.3 Å². The van der Waals surface area contributed by atoms with Crippen LogP contribution >= 0.6 is 0 Å². The first-order chi connectivity index (χ1) is 14.3. The summed E-state index contributed by atoms with van der Waals surface area (Å²) in [5, 5.41) is 8.27. The molecule has 1 heterocycles. The number of likely N-dealkylation sites (N-methyl/N-ethyl adjacent to an activating group) is 2. The molecule has 1 aliphatic rings. The summed E-state index contributed by atoms with van der Waals surface area (Å²) in [6.07, 6.45) is 0.261. The molecule has 2 amide bonds. The maximum atomic E-state index is 12.8. The van der Waals surface area contributed by atoms with Crippen LogP contribution in [0.3, 0.4) is 0 Å². The number of carbonyl (C=O) groups excluding carboxylic acids is 2. The highest BCUT2D eigenvalue weighted by Gasteiger charge is 2.27. The van der Waals surface area contributed by atoms with Gasteiger partial charge in [0.05, 0.1) is 6.42 Å². The molecule has 30 heavy (non-hydrogen) atoms. The van der Waals surface area contributed by atoms with Crippen molar-refractivity contribution < 1.29 is 9.59 Å². The molecule has 2 N–H and O–H groups in total. The molecule has 0 saturated carbocycles. The highest BCUT2D eigenvalue weighted by molar-refractivity contribution is 5.89. The van der Waals surface area contributed by atoms with Gasteiger partial charge in [0.1, 0.15) is 6.04 Å². The van der Waals surface area contributed by atoms with Gasteiger partial charge in [-0.1, -0.05) is 56.3 Å². The van der Waals surface area contributed by atoms with Crippen molar-refractivity contribution in [3.05, 3.63) is 48.0 Å². The van der Waals surface area contributed by atoms with Crippen LogP contribution in [0.4, 0.5) is 0 Å². The zero-order chi connectivity index (χ0) is 21.7. The lowest BCUT2D eigenvalue weighted by atomic mass is 10.0. The van der Waals surface area contributed by atoms with Crippen molar-refractivity contribution in [2.45, 2.75) is 32.4 Å². The number of fused-ring (bicyclic) bond motifs is 1. The molecular formula is C24H34N4O2. The summed E-state index contributed by atoms with van der Waals surface area (Å²) >= 11 is 0. The summed E-state index contributed by atoms with van der Waals surface area (Å²) in [6, 6.07) is 13.9. The smallest absolute Gasteiger partial charge is 0.242 e. The van der Waals surface area contributed by atoms with Crippen molar-refractivity contribution in [3.8, 4) is 0 Å². The quantitative estimate of drug-likeness (QED) is 0.732. The molecule has 1 saturated heterocycles. The molecule has 1 aliphatic heterocycles. The lowest BCUT2D eigenvalue weighted by Gasteiger charge is -2.38. The van der Waals surface area contributed by atoms with Gasteiger partial charge in [-0.15, -0.1) is 0 Å². The zero-order valence-corrected chi connectivity index (χ0v) is 18.5. The number of benzene rings is 2. The molecule has 0 bridgehead atoms. The van der Waals surface area contributed by atoms with E-state index in [4.69, 9.17) is 0 Å². The van der Waals surface area contributed by atoms with Gasteiger partial charge in [-0.3, -0.25) is 14.5 Å². The van der Waals surface area contributed by atoms with Crippen LogP contribution in [0.5, 0.6) is 0 Å². The number of piperazine rings is 1. The van der Waals surface area contributed by atoms with Crippen molar-refractivity contribution in [1.82, 2.24) is 20.4 Å². The molecule has 6 heteroatoms. The van der Waals surface area contributed by atoms with E-state index in [-0.39, 0.29) is 30.2 Å². The third kappa shape index (κ3) is 5.80. The second-order valence-corrected chi connectivity index (χ2v) is 8.79. The van der Waals surface area contributed by atoms with E-state index in [1.54, 1.807) is 0 Å². The molecular weight excluding hydrogens is 376 g/mol. The minimum atomic E-state index is -0.537. The van der Waals surface area contributed by atoms with Crippen LogP contribution < -0.4 is 10.6 Å². The van der Waals surface area contributed by atoms with Crippen LogP contribution in [0.25, 0.3) is 10.8 Å². The van der Waals surface area contributed by atoms with Gasteiger partial charge in [0, 0.05) is 32.2 Å². The summed E-state index contributed by atoms with van der Waals surface area (Å²) in [6.45, 7) is 7.47. The fourth-order valence-corrected chi connectivity index (χ4v) is 3.94. The summed E-state index contributed by atoms with van der Waals surface area (Å²) in [5.41, 5.74) is 0.945. The Labute approximate surface area is 179 Å². The van der Waals surface area contributed by atoms with E-state index in [1.807, 2.05) is 50.2 Å². The van der Waals surface area contributed by atoms with E-state index in [1.165, 1.54) is 0 Å². The topological polar surface area (TPSA) is 64.7 Å². The number of rotatable bonds is 7. The first-order valence-corrected chi connectivity index (χ1v) is 10.8. The third-order valence-electron chi connectivity index (χ3n) is 5.94. The van der Waals surface area contributed by atoms with Crippen LogP contribution in [0.2, 0.25) is 0 Å². The fraction of sp³-hybridized carbons (Fsp3) is 0.500. The molecule has 2 unspecified atom stereocenters. The molecule has 162 valence electrons. The number of carbonyl (C=O) groups is 2. The molecule has 0 radical (unpaired) electrons. The van der Waals surface area contributed by atoms with Gasteiger partial charge in [0.25, 0.3) is 0 Å². The standard InChI is InChI=1S/C24H34N4O2/c1-17(2)23(24(30)25-15-21-16-27(3)11-12-28(21)4)26-22(29)14-18-9-10-19-7-5-6-8-20(19)13-18/h5-10,13,17,21,23H,11-12,14-16H2,1-4H3,(H,25,30)(H,26,29). The highest BCUT2D eigenvalue weighted by Crippen LogP contribution is 2.16. The van der Waals surface area contributed by atoms with E-state index in [0.29, 0.717) is 6.54 Å². The average molecular weight is 411 g/mol. The molecule has 6 nitrogen and oxygen atoms in total. The minimum Gasteiger partial charge on any atom is -0.353 e. The van der Waals surface area contributed by atoms with E-state index in [2.05, 4.69) is 40.6 Å². The van der Waals surface area contributed by atoms with Crippen LogP contribution in [-0.4, -0.2) is 74.0 Å². The molecule has 0 aliphatic carbocycles. The Balaban J connectivity index is 1.56. The van der Waals surface area contributed by atoms with Crippen LogP contribution in [0.1, 0.15) is 19.4 Å². The van der Waals surface area contributed by atoms with Crippen molar-refractivity contribution in [2.75, 3.05) is 40.3 Å². The first-order valence-electron chi connectivity index (χ1n) is 10.8. The second-order valence-electron chi connectivity index (χ2n) is 8.79. The van der Waals surface area contributed by atoms with Crippen LogP contribution in [-0.2, 0) is 16.0 Å². The van der Waals surface area contributed by atoms with Crippen molar-refractivity contribution >= 4 is 22.6 Å². The Hall–Kier alpha value is -2.44. The predicted molar refractivity (Wildman–Crippen MR) is 121 cm³/mol. The Morgan fingerprint density at radius 2 is 1.80 bits per heavy atom. The van der Waals surface area contributed by atoms with Gasteiger partial charge in [-0.25, -0.2) is 0 Å². The van der Waals surface area contributed by atoms with Crippen LogP contribution in [0.15, 0.2) is 42.5 Å². The Kier molecular flexibility index (Phi) is 7.45. The number of amides is 2. The average Bonchev–Trinajstić information content (AvgIpc) is 2.72. The predicted octanol–water partition coefficient (Wildman–Crippen LogP) is 1.89. The van der Waals surface area contributed by atoms with E-state index < -0.39 is 6.04 Å². The number of nitrogens with zero attached hydrogens (tertiary/aromatic N) is 2. The van der Waals surface area contributed by atoms with Crippen LogP contribution in [0, 0.1) is 5.92 Å². The van der Waals surface area contributed by atoms with Crippen molar-refractivity contribution in [2.24, 2.45) is 5.92 Å². The number of hydrogen-bond donors (Lipinski definition) is 2. The van der Waals surface area contributed by atoms with E-state index >= 15 is 0 Å². The SMILES string of the molecule is CC(C)C(NC(=O)Cc1ccc2ccccc2c1)C(=O)NCC1CN(C)CCN1C. The van der Waals surface area contributed by atoms with E-state index in [0.717, 1.165) is 36.0 Å². The molecule has 2 atom stereocenters. The lowest BCUT2D eigenvalue weighted by Crippen LogP contribution is -2.57. The zero-order valence-electron chi connectivity index (χ0n) is 18.5. The summed E-state index contributed by atoms with van der Waals surface area (Å²) < 4.78 is 0. The number of nitrogens with one attached hydrogen (secondary N) is 2. The Bertz CT molecular complexity index is 882. The summed E-state index contributed by atoms with van der Waals surface area (Å²) in [4.78, 5) is 30.0. The highest BCUT2D eigenvalue weighted by atomic mass is 16.2. The summed E-state index contributed by atoms with van der Waals surface area (Å²) in [5.74, 6) is -0.232. The molecule has 2 aromatic rings. The van der Waals surface area contributed by atoms with Crippen molar-refractivity contribution in [1.29, 1.82) is 0 Å². The normalized spacial score (nSPS) is 19.0. The molecule has 3 rings (SSSR count). The largest absolute Gasteiger partial charge is 0.353 e. The Morgan fingerprint density at radius 3 is 2.53 bits per heavy atom. The first kappa shape index (κ1) is 22.2. The van der Waals surface area contributed by atoms with Gasteiger partial charge in [0.15, 0.2) is 0 Å². The minimum absolute atomic E-state index is 0.0114. The molecule has 2 aromatic carbocycles. The lowest BCUT2D eigenvalue weighted by molar-refractivity contribution is -0.130. The van der Waals surface area contributed by atoms with Crippen molar-refractivity contribution in [3.63, 3.8) is 0 Å². The van der Waals surface area contributed by atoms with E-state index in [9.17, 15) is 9.59 Å². The Morgan fingerprint density at radius 1 is 1.07 bits per heavy atom.